The van der Waals surface area contributed by atoms with Crippen molar-refractivity contribution in [1.29, 1.82) is 0 Å². The van der Waals surface area contributed by atoms with Crippen LogP contribution in [0.3, 0.4) is 0 Å². The van der Waals surface area contributed by atoms with E-state index < -0.39 is 6.10 Å². The maximum atomic E-state index is 12.9. The van der Waals surface area contributed by atoms with Crippen LogP contribution in [0.5, 0.6) is 0 Å². The van der Waals surface area contributed by atoms with Crippen LogP contribution in [-0.4, -0.2) is 37.2 Å². The molecule has 0 aliphatic heterocycles. The van der Waals surface area contributed by atoms with Crippen LogP contribution in [0.15, 0.2) is 85.1 Å². The third-order valence-electron chi connectivity index (χ3n) is 13.4. The van der Waals surface area contributed by atoms with Gasteiger partial charge >= 0.3 is 17.9 Å². The van der Waals surface area contributed by atoms with Crippen LogP contribution < -0.4 is 0 Å². The van der Waals surface area contributed by atoms with Crippen molar-refractivity contribution in [3.63, 3.8) is 0 Å². The fourth-order valence-electron chi connectivity index (χ4n) is 8.69. The van der Waals surface area contributed by atoms with Gasteiger partial charge in [0.05, 0.1) is 0 Å². The van der Waals surface area contributed by atoms with Crippen molar-refractivity contribution in [1.82, 2.24) is 0 Å². The van der Waals surface area contributed by atoms with Crippen molar-refractivity contribution < 1.29 is 28.6 Å². The number of rotatable bonds is 56. The molecule has 0 amide bonds. The average molecular weight is 1020 g/mol. The number of unbranched alkanes of at least 4 members (excludes halogenated alkanes) is 31. The highest BCUT2D eigenvalue weighted by atomic mass is 16.6. The first-order valence-electron chi connectivity index (χ1n) is 31.1. The monoisotopic (exact) mass is 1020 g/mol. The Labute approximate surface area is 452 Å². The van der Waals surface area contributed by atoms with E-state index in [4.69, 9.17) is 14.2 Å². The molecular weight excluding hydrogens is 901 g/mol. The molecule has 0 saturated heterocycles. The second-order valence-corrected chi connectivity index (χ2v) is 20.6. The SMILES string of the molecule is CC/C=C\C/C=C\C/C=C\C/C=C\C/C=C\CCCCCC(=O)O[C@@H](COC(=O)CCCCCCC/C=C\CCCCCCCC)COC(=O)CCCCCCCCCCCCC/C=C\CCCCCCCC. The van der Waals surface area contributed by atoms with Crippen molar-refractivity contribution >= 4 is 17.9 Å². The summed E-state index contributed by atoms with van der Waals surface area (Å²) >= 11 is 0. The summed E-state index contributed by atoms with van der Waals surface area (Å²) < 4.78 is 16.9. The van der Waals surface area contributed by atoms with Crippen molar-refractivity contribution in [2.45, 2.75) is 309 Å². The highest BCUT2D eigenvalue weighted by Gasteiger charge is 2.19. The Morgan fingerprint density at radius 2 is 0.534 bits per heavy atom. The summed E-state index contributed by atoms with van der Waals surface area (Å²) in [5, 5.41) is 0. The van der Waals surface area contributed by atoms with Crippen LogP contribution in [0.1, 0.15) is 303 Å². The molecule has 0 saturated carbocycles. The third-order valence-corrected chi connectivity index (χ3v) is 13.4. The zero-order valence-corrected chi connectivity index (χ0v) is 48.1. The average Bonchev–Trinajstić information content (AvgIpc) is 3.39. The summed E-state index contributed by atoms with van der Waals surface area (Å²) in [6.45, 7) is 6.51. The van der Waals surface area contributed by atoms with Gasteiger partial charge in [0, 0.05) is 19.3 Å². The van der Waals surface area contributed by atoms with Crippen LogP contribution in [-0.2, 0) is 28.6 Å². The zero-order valence-electron chi connectivity index (χ0n) is 48.1. The molecule has 0 rings (SSSR count). The predicted octanol–water partition coefficient (Wildman–Crippen LogP) is 21.1. The normalized spacial score (nSPS) is 12.6. The summed E-state index contributed by atoms with van der Waals surface area (Å²) in [6, 6.07) is 0. The van der Waals surface area contributed by atoms with E-state index in [0.717, 1.165) is 103 Å². The quantitative estimate of drug-likeness (QED) is 0.0261. The summed E-state index contributed by atoms with van der Waals surface area (Å²) in [5.41, 5.74) is 0. The molecule has 0 N–H and O–H groups in total. The first-order valence-corrected chi connectivity index (χ1v) is 31.1. The Morgan fingerprint density at radius 1 is 0.288 bits per heavy atom. The van der Waals surface area contributed by atoms with Crippen molar-refractivity contribution in [3.05, 3.63) is 85.1 Å². The number of hydrogen-bond donors (Lipinski definition) is 0. The predicted molar refractivity (Wildman–Crippen MR) is 316 cm³/mol. The van der Waals surface area contributed by atoms with E-state index in [1.807, 2.05) is 0 Å². The van der Waals surface area contributed by atoms with Gasteiger partial charge in [-0.15, -0.1) is 0 Å². The summed E-state index contributed by atoms with van der Waals surface area (Å²) in [7, 11) is 0. The van der Waals surface area contributed by atoms with Gasteiger partial charge in [-0.1, -0.05) is 254 Å². The lowest BCUT2D eigenvalue weighted by Gasteiger charge is -2.18. The molecule has 0 fully saturated rings. The number of hydrogen-bond acceptors (Lipinski definition) is 6. The number of ether oxygens (including phenoxy) is 3. The highest BCUT2D eigenvalue weighted by molar-refractivity contribution is 5.71. The lowest BCUT2D eigenvalue weighted by Crippen LogP contribution is -2.30. The second kappa shape index (κ2) is 61.1. The number of allylic oxidation sites excluding steroid dienone is 14. The lowest BCUT2D eigenvalue weighted by molar-refractivity contribution is -0.167. The first kappa shape index (κ1) is 69.6. The van der Waals surface area contributed by atoms with Crippen LogP contribution in [0.2, 0.25) is 0 Å². The highest BCUT2D eigenvalue weighted by Crippen LogP contribution is 2.16. The zero-order chi connectivity index (χ0) is 52.9. The van der Waals surface area contributed by atoms with E-state index in [-0.39, 0.29) is 37.5 Å². The molecule has 0 aromatic rings. The molecule has 0 aliphatic carbocycles. The fourth-order valence-corrected chi connectivity index (χ4v) is 8.69. The Kier molecular flexibility index (Phi) is 58.3. The largest absolute Gasteiger partial charge is 0.462 e. The Balaban J connectivity index is 4.42. The molecular formula is C67H116O6. The van der Waals surface area contributed by atoms with Gasteiger partial charge < -0.3 is 14.2 Å². The smallest absolute Gasteiger partial charge is 0.306 e. The molecule has 6 heteroatoms. The van der Waals surface area contributed by atoms with Gasteiger partial charge in [-0.05, 0) is 116 Å². The molecule has 0 spiro atoms. The van der Waals surface area contributed by atoms with Crippen molar-refractivity contribution in [3.8, 4) is 0 Å². The number of esters is 3. The van der Waals surface area contributed by atoms with Gasteiger partial charge in [0.25, 0.3) is 0 Å². The maximum Gasteiger partial charge on any atom is 0.306 e. The van der Waals surface area contributed by atoms with E-state index in [2.05, 4.69) is 106 Å². The first-order chi connectivity index (χ1) is 36.0. The minimum absolute atomic E-state index is 0.0920. The Morgan fingerprint density at radius 3 is 0.863 bits per heavy atom. The molecule has 1 atom stereocenters. The van der Waals surface area contributed by atoms with Gasteiger partial charge in [-0.2, -0.15) is 0 Å². The van der Waals surface area contributed by atoms with Gasteiger partial charge in [-0.25, -0.2) is 0 Å². The molecule has 0 heterocycles. The molecule has 0 radical (unpaired) electrons. The van der Waals surface area contributed by atoms with Crippen molar-refractivity contribution in [2.75, 3.05) is 13.2 Å². The Bertz CT molecular complexity index is 1400. The maximum absolute atomic E-state index is 12.9. The van der Waals surface area contributed by atoms with Crippen LogP contribution in [0, 0.1) is 0 Å². The van der Waals surface area contributed by atoms with E-state index in [0.29, 0.717) is 12.8 Å². The van der Waals surface area contributed by atoms with E-state index in [9.17, 15) is 14.4 Å². The summed E-state index contributed by atoms with van der Waals surface area (Å²) in [4.78, 5) is 38.3. The molecule has 0 aromatic heterocycles. The number of carbonyl (C=O) groups is 3. The minimum atomic E-state index is -0.799. The standard InChI is InChI=1S/C67H116O6/c1-4-7-10-13-16-19-22-25-28-30-32-33-35-36-39-42-45-48-51-54-57-60-66(69)72-63-64(62-71-65(68)59-56-53-50-47-44-41-38-27-24-21-18-15-12-9-6-3)73-67(70)61-58-55-52-49-46-43-40-37-34-31-29-26-23-20-17-14-11-8-5-2/h8,11,17,20,25-29,34,37-38,43,46,64H,4-7,9-10,12-16,18-19,21-24,30-33,35-36,39-42,44-45,47-63H2,1-3H3/b11-8-,20-17-,28-25-,29-26-,37-34-,38-27-,46-43-/t64-/m0/s1. The van der Waals surface area contributed by atoms with Crippen LogP contribution >= 0.6 is 0 Å². The van der Waals surface area contributed by atoms with Gasteiger partial charge in [0.2, 0.25) is 0 Å². The lowest BCUT2D eigenvalue weighted by atomic mass is 10.0. The van der Waals surface area contributed by atoms with Crippen LogP contribution in [0.25, 0.3) is 0 Å². The van der Waals surface area contributed by atoms with Gasteiger partial charge in [0.15, 0.2) is 6.10 Å². The summed E-state index contributed by atoms with van der Waals surface area (Å²) in [6.07, 6.45) is 80.1. The second-order valence-electron chi connectivity index (χ2n) is 20.6. The fraction of sp³-hybridized carbons (Fsp3) is 0.746. The number of carbonyl (C=O) groups excluding carboxylic acids is 3. The molecule has 73 heavy (non-hydrogen) atoms. The van der Waals surface area contributed by atoms with E-state index in [1.165, 1.54) is 161 Å². The van der Waals surface area contributed by atoms with Gasteiger partial charge in [0.1, 0.15) is 13.2 Å². The minimum Gasteiger partial charge on any atom is -0.462 e. The van der Waals surface area contributed by atoms with Crippen LogP contribution in [0.4, 0.5) is 0 Å². The molecule has 0 aliphatic rings. The molecule has 0 bridgehead atoms. The summed E-state index contributed by atoms with van der Waals surface area (Å²) in [5.74, 6) is -0.924. The van der Waals surface area contributed by atoms with E-state index in [1.54, 1.807) is 0 Å². The molecule has 6 nitrogen and oxygen atoms in total. The topological polar surface area (TPSA) is 78.9 Å². The van der Waals surface area contributed by atoms with E-state index >= 15 is 0 Å². The van der Waals surface area contributed by atoms with Gasteiger partial charge in [-0.3, -0.25) is 14.4 Å². The van der Waals surface area contributed by atoms with Crippen molar-refractivity contribution in [2.24, 2.45) is 0 Å². The molecule has 420 valence electrons. The molecule has 0 aromatic carbocycles. The third kappa shape index (κ3) is 59.3. The Hall–Kier alpha value is -3.41. The molecule has 0 unspecified atom stereocenters.